The molecule has 1 amide bonds. The number of alkyl halides is 2. The summed E-state index contributed by atoms with van der Waals surface area (Å²) in [7, 11) is 0. The SMILES string of the molecule is O=C(NC1CCC(F)(F)CC1)c1ccc2nc(Nc3c(Cl)cccc3Cl)[nH]c2c1. The summed E-state index contributed by atoms with van der Waals surface area (Å²) < 4.78 is 26.5. The van der Waals surface area contributed by atoms with Crippen LogP contribution in [0.1, 0.15) is 36.0 Å². The molecule has 3 aromatic rings. The van der Waals surface area contributed by atoms with E-state index >= 15 is 0 Å². The van der Waals surface area contributed by atoms with E-state index in [9.17, 15) is 13.6 Å². The summed E-state index contributed by atoms with van der Waals surface area (Å²) in [5.41, 5.74) is 2.27. The van der Waals surface area contributed by atoms with Gasteiger partial charge in [0.15, 0.2) is 0 Å². The minimum absolute atomic E-state index is 0.197. The zero-order valence-corrected chi connectivity index (χ0v) is 16.7. The average molecular weight is 439 g/mol. The highest BCUT2D eigenvalue weighted by Crippen LogP contribution is 2.34. The second-order valence-corrected chi connectivity index (χ2v) is 7.96. The number of rotatable bonds is 4. The summed E-state index contributed by atoms with van der Waals surface area (Å²) in [6.45, 7) is 0. The number of nitrogens with one attached hydrogen (secondary N) is 3. The van der Waals surface area contributed by atoms with Crippen molar-refractivity contribution in [3.05, 3.63) is 52.0 Å². The van der Waals surface area contributed by atoms with E-state index in [0.717, 1.165) is 0 Å². The van der Waals surface area contributed by atoms with Crippen LogP contribution < -0.4 is 10.6 Å². The van der Waals surface area contributed by atoms with Crippen molar-refractivity contribution in [1.82, 2.24) is 15.3 Å². The number of aromatic nitrogens is 2. The third-order valence-corrected chi connectivity index (χ3v) is 5.63. The summed E-state index contributed by atoms with van der Waals surface area (Å²) in [5.74, 6) is -2.48. The third-order valence-electron chi connectivity index (χ3n) is 5.00. The highest BCUT2D eigenvalue weighted by molar-refractivity contribution is 6.39. The Morgan fingerprint density at radius 2 is 1.83 bits per heavy atom. The van der Waals surface area contributed by atoms with Crippen molar-refractivity contribution in [2.75, 3.05) is 5.32 Å². The van der Waals surface area contributed by atoms with Crippen LogP contribution in [0.3, 0.4) is 0 Å². The number of hydrogen-bond acceptors (Lipinski definition) is 3. The molecule has 0 saturated heterocycles. The molecule has 5 nitrogen and oxygen atoms in total. The van der Waals surface area contributed by atoms with E-state index in [1.165, 1.54) is 0 Å². The van der Waals surface area contributed by atoms with Crippen molar-refractivity contribution in [2.24, 2.45) is 0 Å². The maximum Gasteiger partial charge on any atom is 0.251 e. The van der Waals surface area contributed by atoms with Crippen LogP contribution in [0.25, 0.3) is 11.0 Å². The smallest absolute Gasteiger partial charge is 0.251 e. The molecular formula is C20H18Cl2F2N4O. The molecule has 0 aliphatic heterocycles. The van der Waals surface area contributed by atoms with Gasteiger partial charge in [0.2, 0.25) is 11.9 Å². The highest BCUT2D eigenvalue weighted by Gasteiger charge is 2.35. The first-order valence-corrected chi connectivity index (χ1v) is 9.96. The minimum Gasteiger partial charge on any atom is -0.349 e. The van der Waals surface area contributed by atoms with E-state index in [4.69, 9.17) is 23.2 Å². The van der Waals surface area contributed by atoms with Crippen molar-refractivity contribution in [1.29, 1.82) is 0 Å². The summed E-state index contributed by atoms with van der Waals surface area (Å²) in [5, 5.41) is 6.80. The number of carbonyl (C=O) groups is 1. The fourth-order valence-electron chi connectivity index (χ4n) is 3.40. The van der Waals surface area contributed by atoms with Crippen LogP contribution in [0.5, 0.6) is 0 Å². The van der Waals surface area contributed by atoms with Gasteiger partial charge in [0.05, 0.1) is 26.8 Å². The standard InChI is InChI=1S/C20H18Cl2F2N4O/c21-13-2-1-3-14(22)17(13)28-19-26-15-5-4-11(10-16(15)27-19)18(29)25-12-6-8-20(23,24)9-7-12/h1-5,10,12H,6-9H2,(H,25,29)(H2,26,27,28). The Balaban J connectivity index is 1.49. The van der Waals surface area contributed by atoms with Gasteiger partial charge in [0, 0.05) is 24.4 Å². The van der Waals surface area contributed by atoms with E-state index in [0.29, 0.717) is 38.3 Å². The topological polar surface area (TPSA) is 69.8 Å². The number of fused-ring (bicyclic) bond motifs is 1. The van der Waals surface area contributed by atoms with E-state index < -0.39 is 5.92 Å². The number of anilines is 2. The van der Waals surface area contributed by atoms with Gasteiger partial charge >= 0.3 is 0 Å². The first kappa shape index (κ1) is 19.9. The Bertz CT molecular complexity index is 1040. The van der Waals surface area contributed by atoms with Crippen LogP contribution in [-0.2, 0) is 0 Å². The fraction of sp³-hybridized carbons (Fsp3) is 0.300. The minimum atomic E-state index is -2.62. The average Bonchev–Trinajstić information content (AvgIpc) is 3.08. The van der Waals surface area contributed by atoms with Crippen molar-refractivity contribution in [2.45, 2.75) is 37.6 Å². The van der Waals surface area contributed by atoms with E-state index in [1.54, 1.807) is 36.4 Å². The normalized spacial score (nSPS) is 16.7. The lowest BCUT2D eigenvalue weighted by molar-refractivity contribution is -0.0399. The molecular weight excluding hydrogens is 421 g/mol. The lowest BCUT2D eigenvalue weighted by atomic mass is 9.92. The van der Waals surface area contributed by atoms with Crippen LogP contribution in [-0.4, -0.2) is 27.8 Å². The summed E-state index contributed by atoms with van der Waals surface area (Å²) in [6, 6.07) is 9.97. The van der Waals surface area contributed by atoms with Gasteiger partial charge in [-0.3, -0.25) is 4.79 Å². The largest absolute Gasteiger partial charge is 0.349 e. The number of amides is 1. The lowest BCUT2D eigenvalue weighted by Gasteiger charge is -2.28. The van der Waals surface area contributed by atoms with Crippen LogP contribution in [0.15, 0.2) is 36.4 Å². The summed E-state index contributed by atoms with van der Waals surface area (Å²) in [6.07, 6.45) is 0.156. The number of H-pyrrole nitrogens is 1. The molecule has 4 rings (SSSR count). The summed E-state index contributed by atoms with van der Waals surface area (Å²) >= 11 is 12.3. The van der Waals surface area contributed by atoms with Gasteiger partial charge in [-0.15, -0.1) is 0 Å². The predicted octanol–water partition coefficient (Wildman–Crippen LogP) is 5.92. The van der Waals surface area contributed by atoms with Gasteiger partial charge in [-0.25, -0.2) is 13.8 Å². The number of halogens is 4. The van der Waals surface area contributed by atoms with Crippen molar-refractivity contribution in [3.8, 4) is 0 Å². The van der Waals surface area contributed by atoms with Crippen LogP contribution in [0.2, 0.25) is 10.0 Å². The number of para-hydroxylation sites is 1. The maximum atomic E-state index is 13.3. The second kappa shape index (κ2) is 7.80. The molecule has 0 radical (unpaired) electrons. The second-order valence-electron chi connectivity index (χ2n) is 7.14. The van der Waals surface area contributed by atoms with E-state index in [-0.39, 0.29) is 37.6 Å². The highest BCUT2D eigenvalue weighted by atomic mass is 35.5. The van der Waals surface area contributed by atoms with Crippen LogP contribution in [0.4, 0.5) is 20.4 Å². The zero-order valence-electron chi connectivity index (χ0n) is 15.2. The number of nitrogens with zero attached hydrogens (tertiary/aromatic N) is 1. The number of aromatic amines is 1. The monoisotopic (exact) mass is 438 g/mol. The Kier molecular flexibility index (Phi) is 5.36. The number of hydrogen-bond donors (Lipinski definition) is 3. The molecule has 1 fully saturated rings. The van der Waals surface area contributed by atoms with Gasteiger partial charge in [-0.2, -0.15) is 0 Å². The molecule has 152 valence electrons. The number of imidazole rings is 1. The van der Waals surface area contributed by atoms with Crippen LogP contribution >= 0.6 is 23.2 Å². The molecule has 1 heterocycles. The third kappa shape index (κ3) is 4.46. The predicted molar refractivity (Wildman–Crippen MR) is 111 cm³/mol. The Labute approximate surface area is 175 Å². The Morgan fingerprint density at radius 1 is 1.14 bits per heavy atom. The van der Waals surface area contributed by atoms with E-state index in [1.807, 2.05) is 0 Å². The quantitative estimate of drug-likeness (QED) is 0.473. The van der Waals surface area contributed by atoms with Crippen molar-refractivity contribution in [3.63, 3.8) is 0 Å². The Morgan fingerprint density at radius 3 is 2.52 bits per heavy atom. The molecule has 29 heavy (non-hydrogen) atoms. The van der Waals surface area contributed by atoms with Gasteiger partial charge in [-0.05, 0) is 43.2 Å². The van der Waals surface area contributed by atoms with Gasteiger partial charge in [0.1, 0.15) is 0 Å². The molecule has 1 aliphatic rings. The Hall–Kier alpha value is -2.38. The molecule has 3 N–H and O–H groups in total. The zero-order chi connectivity index (χ0) is 20.6. The molecule has 1 aromatic heterocycles. The molecule has 1 aliphatic carbocycles. The van der Waals surface area contributed by atoms with Gasteiger partial charge in [0.25, 0.3) is 5.91 Å². The van der Waals surface area contributed by atoms with Crippen molar-refractivity contribution < 1.29 is 13.6 Å². The molecule has 0 bridgehead atoms. The molecule has 9 heteroatoms. The lowest BCUT2D eigenvalue weighted by Crippen LogP contribution is -2.40. The summed E-state index contributed by atoms with van der Waals surface area (Å²) in [4.78, 5) is 20.0. The van der Waals surface area contributed by atoms with Gasteiger partial charge < -0.3 is 15.6 Å². The maximum absolute atomic E-state index is 13.3. The molecule has 0 spiro atoms. The molecule has 0 unspecified atom stereocenters. The van der Waals surface area contributed by atoms with Crippen molar-refractivity contribution >= 4 is 51.8 Å². The molecule has 1 saturated carbocycles. The van der Waals surface area contributed by atoms with E-state index in [2.05, 4.69) is 20.6 Å². The number of carbonyl (C=O) groups excluding carboxylic acids is 1. The first-order valence-electron chi connectivity index (χ1n) is 9.20. The van der Waals surface area contributed by atoms with Crippen LogP contribution in [0, 0.1) is 0 Å². The fourth-order valence-corrected chi connectivity index (χ4v) is 3.89. The first-order chi connectivity index (χ1) is 13.8. The number of benzene rings is 2. The molecule has 0 atom stereocenters. The molecule has 2 aromatic carbocycles. The van der Waals surface area contributed by atoms with Gasteiger partial charge in [-0.1, -0.05) is 29.3 Å².